The number of carbonyl (C=O) groups excluding carboxylic acids is 1. The summed E-state index contributed by atoms with van der Waals surface area (Å²) >= 11 is 6.07. The van der Waals surface area contributed by atoms with Gasteiger partial charge in [0.15, 0.2) is 0 Å². The summed E-state index contributed by atoms with van der Waals surface area (Å²) in [5.74, 6) is -0.482. The lowest BCUT2D eigenvalue weighted by Gasteiger charge is -2.15. The largest absolute Gasteiger partial charge is 0.376 e. The maximum atomic E-state index is 13.1. The van der Waals surface area contributed by atoms with Gasteiger partial charge in [-0.15, -0.1) is 0 Å². The quantitative estimate of drug-likeness (QED) is 0.609. The van der Waals surface area contributed by atoms with E-state index in [0.717, 1.165) is 30.7 Å². The van der Waals surface area contributed by atoms with Crippen LogP contribution in [0.4, 0.5) is 10.1 Å². The molecule has 142 valence electrons. The Morgan fingerprint density at radius 1 is 1.30 bits per heavy atom. The number of hydrogen-bond acceptors (Lipinski definition) is 3. The van der Waals surface area contributed by atoms with Crippen molar-refractivity contribution in [3.8, 4) is 0 Å². The minimum absolute atomic E-state index is 0.0463. The van der Waals surface area contributed by atoms with Gasteiger partial charge in [0, 0.05) is 22.9 Å². The van der Waals surface area contributed by atoms with Crippen LogP contribution in [0.1, 0.15) is 28.8 Å². The highest BCUT2D eigenvalue weighted by Gasteiger charge is 2.16. The zero-order chi connectivity index (χ0) is 19.2. The van der Waals surface area contributed by atoms with E-state index in [4.69, 9.17) is 16.3 Å². The maximum absolute atomic E-state index is 13.1. The van der Waals surface area contributed by atoms with Gasteiger partial charge in [-0.05, 0) is 61.7 Å². The molecule has 0 saturated carbocycles. The van der Waals surface area contributed by atoms with Crippen molar-refractivity contribution in [1.29, 1.82) is 0 Å². The van der Waals surface area contributed by atoms with Crippen LogP contribution in [0.25, 0.3) is 0 Å². The maximum Gasteiger partial charge on any atom is 0.257 e. The third-order valence-corrected chi connectivity index (χ3v) is 4.50. The van der Waals surface area contributed by atoms with Crippen LogP contribution in [-0.2, 0) is 4.74 Å². The van der Waals surface area contributed by atoms with E-state index in [1.165, 1.54) is 24.3 Å². The number of nitrogens with one attached hydrogen (secondary N) is 2. The molecule has 3 rings (SSSR count). The van der Waals surface area contributed by atoms with E-state index >= 15 is 0 Å². The number of anilines is 1. The standard InChI is InChI=1S/C20H21ClFN3O2/c1-13-4-7-15(21)11-18(13)24-20(23-12-17-3-2-10-27-17)25-19(26)14-5-8-16(22)9-6-14/h4-9,11,17H,2-3,10,12H2,1H3,(H2,23,24,25,26). The van der Waals surface area contributed by atoms with E-state index in [9.17, 15) is 9.18 Å². The van der Waals surface area contributed by atoms with E-state index in [-0.39, 0.29) is 12.0 Å². The van der Waals surface area contributed by atoms with Crippen molar-refractivity contribution >= 4 is 29.2 Å². The molecule has 1 saturated heterocycles. The molecule has 1 amide bonds. The normalized spacial score (nSPS) is 17.0. The third kappa shape index (κ3) is 5.52. The van der Waals surface area contributed by atoms with E-state index in [1.807, 2.05) is 13.0 Å². The highest BCUT2D eigenvalue weighted by atomic mass is 35.5. The Morgan fingerprint density at radius 2 is 2.07 bits per heavy atom. The number of hydrogen-bond donors (Lipinski definition) is 2. The molecule has 7 heteroatoms. The number of rotatable bonds is 4. The molecule has 0 bridgehead atoms. The molecular weight excluding hydrogens is 369 g/mol. The molecule has 0 aliphatic carbocycles. The Kier molecular flexibility index (Phi) is 6.42. The van der Waals surface area contributed by atoms with Crippen LogP contribution in [0.15, 0.2) is 47.5 Å². The molecule has 1 fully saturated rings. The minimum atomic E-state index is -0.397. The van der Waals surface area contributed by atoms with E-state index in [0.29, 0.717) is 23.1 Å². The molecule has 1 aliphatic rings. The van der Waals surface area contributed by atoms with Crippen molar-refractivity contribution in [2.24, 2.45) is 4.99 Å². The van der Waals surface area contributed by atoms with Crippen molar-refractivity contribution in [3.05, 3.63) is 64.4 Å². The lowest BCUT2D eigenvalue weighted by atomic mass is 10.2. The summed E-state index contributed by atoms with van der Waals surface area (Å²) in [6.45, 7) is 3.10. The Labute approximate surface area is 162 Å². The number of halogens is 2. The summed E-state index contributed by atoms with van der Waals surface area (Å²) in [6, 6.07) is 10.8. The Bertz CT molecular complexity index is 834. The second-order valence-electron chi connectivity index (χ2n) is 6.37. The Balaban J connectivity index is 1.77. The SMILES string of the molecule is Cc1ccc(Cl)cc1NC(=NCC1CCCO1)NC(=O)c1ccc(F)cc1. The first-order chi connectivity index (χ1) is 13.0. The number of nitrogens with zero attached hydrogens (tertiary/aromatic N) is 1. The first-order valence-electron chi connectivity index (χ1n) is 8.77. The van der Waals surface area contributed by atoms with Gasteiger partial charge in [0.2, 0.25) is 5.96 Å². The summed E-state index contributed by atoms with van der Waals surface area (Å²) in [5.41, 5.74) is 2.04. The van der Waals surface area contributed by atoms with Crippen LogP contribution < -0.4 is 10.6 Å². The van der Waals surface area contributed by atoms with E-state index in [2.05, 4.69) is 15.6 Å². The number of benzene rings is 2. The van der Waals surface area contributed by atoms with Crippen molar-refractivity contribution in [2.45, 2.75) is 25.9 Å². The molecule has 27 heavy (non-hydrogen) atoms. The molecule has 0 spiro atoms. The first kappa shape index (κ1) is 19.3. The van der Waals surface area contributed by atoms with Crippen LogP contribution in [0.2, 0.25) is 5.02 Å². The number of guanidine groups is 1. The molecular formula is C20H21ClFN3O2. The lowest BCUT2D eigenvalue weighted by Crippen LogP contribution is -2.37. The van der Waals surface area contributed by atoms with Crippen LogP contribution >= 0.6 is 11.6 Å². The number of amides is 1. The highest BCUT2D eigenvalue weighted by Crippen LogP contribution is 2.20. The Hall–Kier alpha value is -2.44. The molecule has 1 aliphatic heterocycles. The topological polar surface area (TPSA) is 62.7 Å². The number of aryl methyl sites for hydroxylation is 1. The second-order valence-corrected chi connectivity index (χ2v) is 6.81. The smallest absolute Gasteiger partial charge is 0.257 e. The molecule has 5 nitrogen and oxygen atoms in total. The van der Waals surface area contributed by atoms with Gasteiger partial charge in [0.25, 0.3) is 5.91 Å². The molecule has 1 atom stereocenters. The average Bonchev–Trinajstić information content (AvgIpc) is 3.17. The Morgan fingerprint density at radius 3 is 2.78 bits per heavy atom. The minimum Gasteiger partial charge on any atom is -0.376 e. The second kappa shape index (κ2) is 8.97. The van der Waals surface area contributed by atoms with Gasteiger partial charge < -0.3 is 10.1 Å². The zero-order valence-corrected chi connectivity index (χ0v) is 15.7. The van der Waals surface area contributed by atoms with Crippen LogP contribution in [0.5, 0.6) is 0 Å². The molecule has 1 heterocycles. The fourth-order valence-electron chi connectivity index (χ4n) is 2.73. The fourth-order valence-corrected chi connectivity index (χ4v) is 2.90. The van der Waals surface area contributed by atoms with Gasteiger partial charge in [0.1, 0.15) is 5.82 Å². The van der Waals surface area contributed by atoms with Crippen LogP contribution in [0.3, 0.4) is 0 Å². The summed E-state index contributed by atoms with van der Waals surface area (Å²) in [7, 11) is 0. The summed E-state index contributed by atoms with van der Waals surface area (Å²) in [6.07, 6.45) is 2.00. The van der Waals surface area contributed by atoms with Gasteiger partial charge in [-0.25, -0.2) is 9.38 Å². The van der Waals surface area contributed by atoms with Crippen molar-refractivity contribution in [1.82, 2.24) is 5.32 Å². The first-order valence-corrected chi connectivity index (χ1v) is 9.15. The number of carbonyl (C=O) groups is 1. The van der Waals surface area contributed by atoms with Crippen molar-refractivity contribution < 1.29 is 13.9 Å². The van der Waals surface area contributed by atoms with Crippen molar-refractivity contribution in [3.63, 3.8) is 0 Å². The predicted molar refractivity (Wildman–Crippen MR) is 105 cm³/mol. The monoisotopic (exact) mass is 389 g/mol. The summed E-state index contributed by atoms with van der Waals surface area (Å²) < 4.78 is 18.7. The predicted octanol–water partition coefficient (Wildman–Crippen LogP) is 4.16. The highest BCUT2D eigenvalue weighted by molar-refractivity contribution is 6.31. The number of aliphatic imine (C=N–C) groups is 1. The van der Waals surface area contributed by atoms with Gasteiger partial charge >= 0.3 is 0 Å². The number of ether oxygens (including phenoxy) is 1. The van der Waals surface area contributed by atoms with Gasteiger partial charge in [0.05, 0.1) is 12.6 Å². The van der Waals surface area contributed by atoms with Crippen LogP contribution in [-0.4, -0.2) is 31.1 Å². The van der Waals surface area contributed by atoms with Gasteiger partial charge in [-0.2, -0.15) is 0 Å². The summed E-state index contributed by atoms with van der Waals surface area (Å²) in [4.78, 5) is 17.0. The molecule has 0 aromatic heterocycles. The molecule has 2 aromatic rings. The molecule has 0 radical (unpaired) electrons. The molecule has 2 aromatic carbocycles. The lowest BCUT2D eigenvalue weighted by molar-refractivity contribution is 0.0975. The molecule has 1 unspecified atom stereocenters. The van der Waals surface area contributed by atoms with E-state index < -0.39 is 5.82 Å². The van der Waals surface area contributed by atoms with Gasteiger partial charge in [-0.3, -0.25) is 10.1 Å². The van der Waals surface area contributed by atoms with E-state index in [1.54, 1.807) is 12.1 Å². The zero-order valence-electron chi connectivity index (χ0n) is 15.0. The third-order valence-electron chi connectivity index (χ3n) is 4.27. The van der Waals surface area contributed by atoms with Gasteiger partial charge in [-0.1, -0.05) is 17.7 Å². The molecule has 2 N–H and O–H groups in total. The fraction of sp³-hybridized carbons (Fsp3) is 0.300. The summed E-state index contributed by atoms with van der Waals surface area (Å²) in [5, 5.41) is 6.45. The average molecular weight is 390 g/mol. The van der Waals surface area contributed by atoms with Crippen molar-refractivity contribution in [2.75, 3.05) is 18.5 Å². The van der Waals surface area contributed by atoms with Crippen LogP contribution in [0, 0.1) is 12.7 Å².